The van der Waals surface area contributed by atoms with Crippen molar-refractivity contribution in [1.82, 2.24) is 14.5 Å². The summed E-state index contributed by atoms with van der Waals surface area (Å²) in [7, 11) is 0. The number of amides is 1. The molecule has 1 N–H and O–H groups in total. The third kappa shape index (κ3) is 4.25. The molecule has 0 radical (unpaired) electrons. The van der Waals surface area contributed by atoms with Crippen LogP contribution in [0.4, 0.5) is 0 Å². The van der Waals surface area contributed by atoms with E-state index >= 15 is 0 Å². The largest absolute Gasteiger partial charge is 0.507 e. The molecule has 1 atom stereocenters. The maximum atomic E-state index is 13.0. The Morgan fingerprint density at radius 3 is 2.42 bits per heavy atom. The van der Waals surface area contributed by atoms with Crippen LogP contribution in [-0.4, -0.2) is 37.8 Å². The molecule has 1 aromatic heterocycles. The quantitative estimate of drug-likeness (QED) is 0.354. The van der Waals surface area contributed by atoms with Crippen LogP contribution in [0.25, 0.3) is 5.76 Å². The van der Waals surface area contributed by atoms with Gasteiger partial charge in [-0.05, 0) is 31.0 Å². The van der Waals surface area contributed by atoms with Crippen molar-refractivity contribution in [3.63, 3.8) is 0 Å². The lowest BCUT2D eigenvalue weighted by Gasteiger charge is -2.25. The normalized spacial score (nSPS) is 18.0. The second-order valence-corrected chi connectivity index (χ2v) is 8.00. The van der Waals surface area contributed by atoms with Gasteiger partial charge in [-0.1, -0.05) is 53.6 Å². The van der Waals surface area contributed by atoms with Gasteiger partial charge in [-0.15, -0.1) is 0 Å². The molecule has 158 valence electrons. The van der Waals surface area contributed by atoms with E-state index in [1.807, 2.05) is 29.8 Å². The summed E-state index contributed by atoms with van der Waals surface area (Å²) in [6.45, 7) is 2.96. The second-order valence-electron chi connectivity index (χ2n) is 7.56. The number of aryl methyl sites for hydroxylation is 2. The minimum Gasteiger partial charge on any atom is -0.507 e. The molecule has 6 nitrogen and oxygen atoms in total. The molecule has 0 unspecified atom stereocenters. The topological polar surface area (TPSA) is 75.4 Å². The maximum Gasteiger partial charge on any atom is 0.295 e. The lowest BCUT2D eigenvalue weighted by molar-refractivity contribution is -0.139. The van der Waals surface area contributed by atoms with E-state index in [-0.39, 0.29) is 11.3 Å². The standard InChI is InChI=1S/C24H22ClN3O3/c1-16-3-5-18(6-4-16)22(29)20-21(17-7-9-19(25)10-8-17)28(24(31)23(20)30)13-2-12-27-14-11-26-15-27/h3-11,14-15,21,29H,2,12-13H2,1H3/t21-/m1/s1. The number of aliphatic hydroxyl groups is 1. The number of likely N-dealkylation sites (tertiary alicyclic amines) is 1. The summed E-state index contributed by atoms with van der Waals surface area (Å²) in [5.74, 6) is -1.46. The number of benzene rings is 2. The molecule has 7 heteroatoms. The van der Waals surface area contributed by atoms with Gasteiger partial charge in [0.25, 0.3) is 11.7 Å². The van der Waals surface area contributed by atoms with Crippen molar-refractivity contribution in [3.8, 4) is 0 Å². The van der Waals surface area contributed by atoms with E-state index in [1.165, 1.54) is 4.90 Å². The number of carbonyl (C=O) groups excluding carboxylic acids is 2. The van der Waals surface area contributed by atoms with E-state index in [1.54, 1.807) is 48.9 Å². The summed E-state index contributed by atoms with van der Waals surface area (Å²) < 4.78 is 1.92. The molecule has 0 saturated carbocycles. The van der Waals surface area contributed by atoms with Crippen LogP contribution >= 0.6 is 11.6 Å². The highest BCUT2D eigenvalue weighted by atomic mass is 35.5. The Balaban J connectivity index is 1.72. The third-order valence-electron chi connectivity index (χ3n) is 5.43. The highest BCUT2D eigenvalue weighted by Crippen LogP contribution is 2.39. The zero-order chi connectivity index (χ0) is 22.0. The molecular formula is C24H22ClN3O3. The second kappa shape index (κ2) is 8.78. The Morgan fingerprint density at radius 2 is 1.77 bits per heavy atom. The van der Waals surface area contributed by atoms with Crippen LogP contribution in [-0.2, 0) is 16.1 Å². The van der Waals surface area contributed by atoms with Crippen molar-refractivity contribution < 1.29 is 14.7 Å². The van der Waals surface area contributed by atoms with Gasteiger partial charge in [-0.25, -0.2) is 4.98 Å². The molecular weight excluding hydrogens is 414 g/mol. The summed E-state index contributed by atoms with van der Waals surface area (Å²) in [6, 6.07) is 13.5. The van der Waals surface area contributed by atoms with Gasteiger partial charge < -0.3 is 14.6 Å². The first-order chi connectivity index (χ1) is 15.0. The lowest BCUT2D eigenvalue weighted by Crippen LogP contribution is -2.31. The van der Waals surface area contributed by atoms with E-state index in [2.05, 4.69) is 4.98 Å². The van der Waals surface area contributed by atoms with Crippen molar-refractivity contribution in [2.75, 3.05) is 6.54 Å². The van der Waals surface area contributed by atoms with Crippen molar-refractivity contribution in [2.24, 2.45) is 0 Å². The van der Waals surface area contributed by atoms with Crippen molar-refractivity contribution in [3.05, 3.63) is 94.5 Å². The van der Waals surface area contributed by atoms with Gasteiger partial charge in [0.05, 0.1) is 17.9 Å². The first kappa shape index (κ1) is 20.9. The minimum atomic E-state index is -0.680. The smallest absolute Gasteiger partial charge is 0.295 e. The Kier molecular flexibility index (Phi) is 5.91. The van der Waals surface area contributed by atoms with Crippen LogP contribution < -0.4 is 0 Å². The number of aromatic nitrogens is 2. The number of Topliss-reactive ketones (excluding diaryl/α,β-unsaturated/α-hetero) is 1. The summed E-state index contributed by atoms with van der Waals surface area (Å²) in [5.41, 5.74) is 2.35. The zero-order valence-corrected chi connectivity index (χ0v) is 17.8. The lowest BCUT2D eigenvalue weighted by atomic mass is 9.95. The number of nitrogens with zero attached hydrogens (tertiary/aromatic N) is 3. The molecule has 0 aliphatic carbocycles. The molecule has 0 spiro atoms. The van der Waals surface area contributed by atoms with Gasteiger partial charge in [0, 0.05) is 36.1 Å². The fraction of sp³-hybridized carbons (Fsp3) is 0.208. The number of aliphatic hydroxyl groups excluding tert-OH is 1. The summed E-state index contributed by atoms with van der Waals surface area (Å²) in [6.07, 6.45) is 5.89. The third-order valence-corrected chi connectivity index (χ3v) is 5.68. The monoisotopic (exact) mass is 435 g/mol. The first-order valence-electron chi connectivity index (χ1n) is 10.0. The van der Waals surface area contributed by atoms with Crippen molar-refractivity contribution >= 4 is 29.1 Å². The highest BCUT2D eigenvalue weighted by Gasteiger charge is 2.45. The molecule has 2 aromatic carbocycles. The zero-order valence-electron chi connectivity index (χ0n) is 17.0. The fourth-order valence-corrected chi connectivity index (χ4v) is 3.94. The van der Waals surface area contributed by atoms with Crippen LogP contribution in [0.5, 0.6) is 0 Å². The van der Waals surface area contributed by atoms with E-state index in [0.29, 0.717) is 30.1 Å². The van der Waals surface area contributed by atoms with Gasteiger partial charge in [-0.3, -0.25) is 9.59 Å². The molecule has 1 fully saturated rings. The summed E-state index contributed by atoms with van der Waals surface area (Å²) >= 11 is 6.04. The Morgan fingerprint density at radius 1 is 1.06 bits per heavy atom. The average Bonchev–Trinajstić information content (AvgIpc) is 3.37. The van der Waals surface area contributed by atoms with Gasteiger partial charge in [0.15, 0.2) is 0 Å². The van der Waals surface area contributed by atoms with Gasteiger partial charge in [0.2, 0.25) is 0 Å². The molecule has 1 amide bonds. The Hall–Kier alpha value is -3.38. The van der Waals surface area contributed by atoms with E-state index in [9.17, 15) is 14.7 Å². The Bertz CT molecular complexity index is 1120. The number of ketones is 1. The molecule has 31 heavy (non-hydrogen) atoms. The fourth-order valence-electron chi connectivity index (χ4n) is 3.81. The van der Waals surface area contributed by atoms with E-state index in [4.69, 9.17) is 11.6 Å². The number of carbonyl (C=O) groups is 2. The van der Waals surface area contributed by atoms with Crippen molar-refractivity contribution in [1.29, 1.82) is 0 Å². The summed E-state index contributed by atoms with van der Waals surface area (Å²) in [4.78, 5) is 31.5. The van der Waals surface area contributed by atoms with Crippen LogP contribution in [0, 0.1) is 6.92 Å². The number of halogens is 1. The first-order valence-corrected chi connectivity index (χ1v) is 10.4. The van der Waals surface area contributed by atoms with Crippen LogP contribution in [0.3, 0.4) is 0 Å². The number of imidazole rings is 1. The molecule has 0 bridgehead atoms. The van der Waals surface area contributed by atoms with Crippen molar-refractivity contribution in [2.45, 2.75) is 25.9 Å². The maximum absolute atomic E-state index is 13.0. The molecule has 3 aromatic rings. The molecule has 4 rings (SSSR count). The van der Waals surface area contributed by atoms with Crippen LogP contribution in [0.1, 0.15) is 29.2 Å². The molecule has 1 saturated heterocycles. The highest BCUT2D eigenvalue weighted by molar-refractivity contribution is 6.46. The summed E-state index contributed by atoms with van der Waals surface area (Å²) in [5, 5.41) is 11.6. The predicted octanol–water partition coefficient (Wildman–Crippen LogP) is 4.36. The predicted molar refractivity (Wildman–Crippen MR) is 118 cm³/mol. The molecule has 2 heterocycles. The van der Waals surface area contributed by atoms with E-state index in [0.717, 1.165) is 11.1 Å². The van der Waals surface area contributed by atoms with Gasteiger partial charge >= 0.3 is 0 Å². The Labute approximate surface area is 185 Å². The number of hydrogen-bond acceptors (Lipinski definition) is 4. The van der Waals surface area contributed by atoms with Gasteiger partial charge in [0.1, 0.15) is 5.76 Å². The van der Waals surface area contributed by atoms with Crippen LogP contribution in [0.2, 0.25) is 5.02 Å². The number of rotatable bonds is 6. The molecule has 1 aliphatic heterocycles. The average molecular weight is 436 g/mol. The van der Waals surface area contributed by atoms with Crippen LogP contribution in [0.15, 0.2) is 72.8 Å². The minimum absolute atomic E-state index is 0.0961. The SMILES string of the molecule is Cc1ccc(C(O)=C2C(=O)C(=O)N(CCCn3ccnc3)[C@@H]2c2ccc(Cl)cc2)cc1. The number of hydrogen-bond donors (Lipinski definition) is 1. The molecule has 1 aliphatic rings. The van der Waals surface area contributed by atoms with E-state index < -0.39 is 17.7 Å². The van der Waals surface area contributed by atoms with Gasteiger partial charge in [-0.2, -0.15) is 0 Å².